The number of ether oxygens (including phenoxy) is 1. The molecule has 3 N–H and O–H groups in total. The lowest BCUT2D eigenvalue weighted by atomic mass is 10.0. The molecule has 4 aromatic carbocycles. The Bertz CT molecular complexity index is 1320. The van der Waals surface area contributed by atoms with Crippen LogP contribution in [0.1, 0.15) is 16.7 Å². The van der Waals surface area contributed by atoms with Gasteiger partial charge in [-0.3, -0.25) is 9.59 Å². The SMILES string of the molecule is COc1ccc(/C(=N\OCc2ccccc2)c2cccc(Nc3c(N)c(=O)c3=O)c2)cc1. The van der Waals surface area contributed by atoms with Gasteiger partial charge in [-0.1, -0.05) is 47.6 Å². The molecule has 32 heavy (non-hydrogen) atoms. The molecule has 0 radical (unpaired) electrons. The van der Waals surface area contributed by atoms with E-state index >= 15 is 0 Å². The van der Waals surface area contributed by atoms with Crippen LogP contribution in [0.15, 0.2) is 93.6 Å². The molecule has 7 nitrogen and oxygen atoms in total. The molecule has 160 valence electrons. The molecule has 0 spiro atoms. The molecular weight excluding hydrogens is 406 g/mol. The maximum atomic E-state index is 11.7. The van der Waals surface area contributed by atoms with Crippen LogP contribution in [0.2, 0.25) is 0 Å². The van der Waals surface area contributed by atoms with E-state index in [1.54, 1.807) is 13.2 Å². The lowest BCUT2D eigenvalue weighted by Crippen LogP contribution is -2.36. The third-order valence-electron chi connectivity index (χ3n) is 4.95. The first kappa shape index (κ1) is 20.9. The van der Waals surface area contributed by atoms with Gasteiger partial charge in [0.25, 0.3) is 10.9 Å². The quantitative estimate of drug-likeness (QED) is 0.253. The van der Waals surface area contributed by atoms with Crippen molar-refractivity contribution in [3.63, 3.8) is 0 Å². The third-order valence-corrected chi connectivity index (χ3v) is 4.95. The van der Waals surface area contributed by atoms with E-state index in [-0.39, 0.29) is 11.4 Å². The minimum absolute atomic E-state index is 0.0596. The van der Waals surface area contributed by atoms with Crippen LogP contribution in [0.4, 0.5) is 17.1 Å². The predicted octanol–water partition coefficient (Wildman–Crippen LogP) is 3.59. The van der Waals surface area contributed by atoms with E-state index in [9.17, 15) is 9.59 Å². The van der Waals surface area contributed by atoms with Crippen molar-refractivity contribution in [2.75, 3.05) is 18.2 Å². The summed E-state index contributed by atoms with van der Waals surface area (Å²) in [6, 6.07) is 24.5. The number of benzene rings is 3. The number of nitrogens with two attached hydrogens (primary N) is 1. The standard InChI is InChI=1S/C25H21N3O4/c1-31-20-12-10-17(11-13-20)22(28-32-15-16-6-3-2-4-7-16)18-8-5-9-19(14-18)27-23-21(26)24(29)25(23)30/h2-14,27H,15,26H2,1H3/b28-22+. The highest BCUT2D eigenvalue weighted by atomic mass is 16.6. The van der Waals surface area contributed by atoms with Gasteiger partial charge >= 0.3 is 0 Å². The molecule has 0 heterocycles. The Labute approximate surface area is 184 Å². The molecule has 0 saturated heterocycles. The first-order chi connectivity index (χ1) is 15.6. The summed E-state index contributed by atoms with van der Waals surface area (Å²) >= 11 is 0. The van der Waals surface area contributed by atoms with Gasteiger partial charge in [0.15, 0.2) is 0 Å². The molecule has 0 aliphatic rings. The van der Waals surface area contributed by atoms with E-state index in [0.717, 1.165) is 22.4 Å². The Morgan fingerprint density at radius 3 is 2.34 bits per heavy atom. The number of nitrogen functional groups attached to an aromatic ring is 1. The number of anilines is 3. The van der Waals surface area contributed by atoms with Gasteiger partial charge in [0, 0.05) is 16.8 Å². The second-order valence-electron chi connectivity index (χ2n) is 7.08. The average Bonchev–Trinajstić information content (AvgIpc) is 2.85. The lowest BCUT2D eigenvalue weighted by molar-refractivity contribution is 0.131. The van der Waals surface area contributed by atoms with Crippen LogP contribution < -0.4 is 26.6 Å². The Hall–Kier alpha value is -4.39. The predicted molar refractivity (Wildman–Crippen MR) is 125 cm³/mol. The van der Waals surface area contributed by atoms with Gasteiger partial charge in [0.05, 0.1) is 7.11 Å². The molecule has 0 atom stereocenters. The van der Waals surface area contributed by atoms with Gasteiger partial charge < -0.3 is 20.6 Å². The summed E-state index contributed by atoms with van der Waals surface area (Å²) in [6.45, 7) is 0.318. The number of rotatable bonds is 8. The second kappa shape index (κ2) is 9.18. The molecule has 0 bridgehead atoms. The van der Waals surface area contributed by atoms with Gasteiger partial charge in [-0.05, 0) is 42.0 Å². The van der Waals surface area contributed by atoms with Gasteiger partial charge in [-0.25, -0.2) is 0 Å². The molecule has 0 fully saturated rings. The van der Waals surface area contributed by atoms with Gasteiger partial charge in [-0.15, -0.1) is 0 Å². The fourth-order valence-corrected chi connectivity index (χ4v) is 3.19. The Kier molecular flexibility index (Phi) is 5.98. The Morgan fingerprint density at radius 2 is 1.66 bits per heavy atom. The number of nitrogens with zero attached hydrogens (tertiary/aromatic N) is 1. The maximum Gasteiger partial charge on any atom is 0.253 e. The zero-order valence-electron chi connectivity index (χ0n) is 17.4. The minimum atomic E-state index is -0.668. The molecular formula is C25H21N3O4. The van der Waals surface area contributed by atoms with Crippen molar-refractivity contribution in [1.29, 1.82) is 0 Å². The van der Waals surface area contributed by atoms with E-state index in [4.69, 9.17) is 15.3 Å². The highest BCUT2D eigenvalue weighted by molar-refractivity contribution is 6.13. The van der Waals surface area contributed by atoms with Gasteiger partial charge in [-0.2, -0.15) is 0 Å². The lowest BCUT2D eigenvalue weighted by Gasteiger charge is -2.13. The van der Waals surface area contributed by atoms with E-state index < -0.39 is 10.9 Å². The van der Waals surface area contributed by atoms with Crippen LogP contribution >= 0.6 is 0 Å². The monoisotopic (exact) mass is 427 g/mol. The molecule has 0 unspecified atom stereocenters. The molecule has 4 aromatic rings. The fourth-order valence-electron chi connectivity index (χ4n) is 3.19. The second-order valence-corrected chi connectivity index (χ2v) is 7.08. The van der Waals surface area contributed by atoms with Crippen molar-refractivity contribution < 1.29 is 9.57 Å². The largest absolute Gasteiger partial charge is 0.497 e. The van der Waals surface area contributed by atoms with Crippen LogP contribution in [0.5, 0.6) is 5.75 Å². The average molecular weight is 427 g/mol. The van der Waals surface area contributed by atoms with Crippen LogP contribution in [0, 0.1) is 0 Å². The van der Waals surface area contributed by atoms with Crippen LogP contribution in [0.25, 0.3) is 0 Å². The summed E-state index contributed by atoms with van der Waals surface area (Å²) in [6.07, 6.45) is 0. The van der Waals surface area contributed by atoms with Crippen molar-refractivity contribution in [3.8, 4) is 5.75 Å². The fraction of sp³-hybridized carbons (Fsp3) is 0.0800. The molecule has 7 heteroatoms. The normalized spacial score (nSPS) is 11.3. The Morgan fingerprint density at radius 1 is 0.906 bits per heavy atom. The van der Waals surface area contributed by atoms with Gasteiger partial charge in [0.1, 0.15) is 29.4 Å². The number of hydrogen-bond acceptors (Lipinski definition) is 7. The summed E-state index contributed by atoms with van der Waals surface area (Å²) in [5.41, 5.74) is 8.17. The highest BCUT2D eigenvalue weighted by Gasteiger charge is 2.18. The molecule has 0 saturated carbocycles. The van der Waals surface area contributed by atoms with E-state index in [1.807, 2.05) is 72.8 Å². The molecule has 4 rings (SSSR count). The summed E-state index contributed by atoms with van der Waals surface area (Å²) in [7, 11) is 1.61. The zero-order chi connectivity index (χ0) is 22.5. The molecule has 0 amide bonds. The summed E-state index contributed by atoms with van der Waals surface area (Å²) < 4.78 is 5.25. The number of nitrogens with one attached hydrogen (secondary N) is 1. The van der Waals surface area contributed by atoms with E-state index in [0.29, 0.717) is 18.0 Å². The third kappa shape index (κ3) is 4.37. The summed E-state index contributed by atoms with van der Waals surface area (Å²) in [4.78, 5) is 28.8. The molecule has 0 aliphatic heterocycles. The van der Waals surface area contributed by atoms with Crippen molar-refractivity contribution in [3.05, 3.63) is 116 Å². The Balaban J connectivity index is 1.65. The van der Waals surface area contributed by atoms with Crippen molar-refractivity contribution >= 4 is 22.8 Å². The van der Waals surface area contributed by atoms with E-state index in [1.165, 1.54) is 0 Å². The number of hydrogen-bond donors (Lipinski definition) is 2. The van der Waals surface area contributed by atoms with Crippen LogP contribution in [-0.4, -0.2) is 12.8 Å². The van der Waals surface area contributed by atoms with Crippen LogP contribution in [0.3, 0.4) is 0 Å². The highest BCUT2D eigenvalue weighted by Crippen LogP contribution is 2.22. The summed E-state index contributed by atoms with van der Waals surface area (Å²) in [5.74, 6) is 0.726. The number of oxime groups is 1. The maximum absolute atomic E-state index is 11.7. The molecule has 0 aromatic heterocycles. The smallest absolute Gasteiger partial charge is 0.253 e. The van der Waals surface area contributed by atoms with Crippen molar-refractivity contribution in [2.45, 2.75) is 6.61 Å². The summed E-state index contributed by atoms with van der Waals surface area (Å²) in [5, 5.41) is 7.33. The van der Waals surface area contributed by atoms with Crippen molar-refractivity contribution in [2.24, 2.45) is 5.16 Å². The topological polar surface area (TPSA) is 103 Å². The van der Waals surface area contributed by atoms with Gasteiger partial charge in [0.2, 0.25) is 0 Å². The van der Waals surface area contributed by atoms with Crippen molar-refractivity contribution in [1.82, 2.24) is 0 Å². The van der Waals surface area contributed by atoms with E-state index in [2.05, 4.69) is 10.5 Å². The molecule has 0 aliphatic carbocycles. The first-order valence-corrected chi connectivity index (χ1v) is 9.91. The minimum Gasteiger partial charge on any atom is -0.497 e. The zero-order valence-corrected chi connectivity index (χ0v) is 17.4. The van der Waals surface area contributed by atoms with Crippen LogP contribution in [-0.2, 0) is 11.4 Å². The number of methoxy groups -OCH3 is 1. The first-order valence-electron chi connectivity index (χ1n) is 9.91.